The van der Waals surface area contributed by atoms with Gasteiger partial charge in [-0.15, -0.1) is 10.2 Å². The van der Waals surface area contributed by atoms with E-state index in [0.717, 1.165) is 18.0 Å². The Hall–Kier alpha value is -1.69. The van der Waals surface area contributed by atoms with Crippen LogP contribution in [0.1, 0.15) is 24.1 Å². The standard InChI is InChI=1S/C13H16N4OS/c1-14-13-16-15-11(19-13)9-7-8-5-3-4-6-10(8)17(2)12(9)18/h7H,3-6H2,1-2H3,(H,14,16). The number of hydrogen-bond acceptors (Lipinski definition) is 5. The number of aromatic nitrogens is 3. The van der Waals surface area contributed by atoms with Crippen molar-refractivity contribution >= 4 is 16.5 Å². The summed E-state index contributed by atoms with van der Waals surface area (Å²) in [6.07, 6.45) is 4.41. The number of fused-ring (bicyclic) bond motifs is 1. The van der Waals surface area contributed by atoms with Crippen LogP contribution in [-0.2, 0) is 19.9 Å². The van der Waals surface area contributed by atoms with E-state index in [0.29, 0.717) is 10.6 Å². The minimum absolute atomic E-state index is 0.0273. The molecule has 2 heterocycles. The normalized spacial score (nSPS) is 14.2. The molecule has 100 valence electrons. The van der Waals surface area contributed by atoms with Crippen molar-refractivity contribution in [3.05, 3.63) is 27.7 Å². The van der Waals surface area contributed by atoms with Gasteiger partial charge in [0.1, 0.15) is 0 Å². The van der Waals surface area contributed by atoms with Crippen molar-refractivity contribution in [2.75, 3.05) is 12.4 Å². The van der Waals surface area contributed by atoms with Gasteiger partial charge in [0.15, 0.2) is 5.01 Å². The number of hydrogen-bond donors (Lipinski definition) is 1. The lowest BCUT2D eigenvalue weighted by molar-refractivity contribution is 0.624. The zero-order chi connectivity index (χ0) is 13.4. The maximum atomic E-state index is 12.4. The zero-order valence-electron chi connectivity index (χ0n) is 11.1. The molecular weight excluding hydrogens is 260 g/mol. The smallest absolute Gasteiger partial charge is 0.260 e. The number of nitrogens with one attached hydrogen (secondary N) is 1. The highest BCUT2D eigenvalue weighted by Crippen LogP contribution is 2.27. The van der Waals surface area contributed by atoms with Crippen LogP contribution in [0.4, 0.5) is 5.13 Å². The second-order valence-corrected chi connectivity index (χ2v) is 5.74. The summed E-state index contributed by atoms with van der Waals surface area (Å²) in [5, 5.41) is 12.5. The lowest BCUT2D eigenvalue weighted by Gasteiger charge is -2.19. The highest BCUT2D eigenvalue weighted by Gasteiger charge is 2.18. The third-order valence-electron chi connectivity index (χ3n) is 3.61. The molecular formula is C13H16N4OS. The van der Waals surface area contributed by atoms with Crippen LogP contribution in [0.15, 0.2) is 10.9 Å². The van der Waals surface area contributed by atoms with E-state index in [2.05, 4.69) is 15.5 Å². The van der Waals surface area contributed by atoms with E-state index in [1.165, 1.54) is 35.4 Å². The first kappa shape index (κ1) is 12.3. The fraction of sp³-hybridized carbons (Fsp3) is 0.462. The van der Waals surface area contributed by atoms with E-state index in [1.54, 1.807) is 11.6 Å². The summed E-state index contributed by atoms with van der Waals surface area (Å²) in [5.41, 5.74) is 3.16. The maximum absolute atomic E-state index is 12.4. The van der Waals surface area contributed by atoms with Gasteiger partial charge in [-0.2, -0.15) is 0 Å². The van der Waals surface area contributed by atoms with E-state index in [1.807, 2.05) is 13.1 Å². The minimum atomic E-state index is 0.0273. The van der Waals surface area contributed by atoms with Gasteiger partial charge in [0, 0.05) is 19.8 Å². The van der Waals surface area contributed by atoms with Gasteiger partial charge < -0.3 is 9.88 Å². The third kappa shape index (κ3) is 2.06. The molecule has 6 heteroatoms. The van der Waals surface area contributed by atoms with E-state index in [9.17, 15) is 4.79 Å². The van der Waals surface area contributed by atoms with Gasteiger partial charge in [0.2, 0.25) is 5.13 Å². The van der Waals surface area contributed by atoms with Gasteiger partial charge in [-0.25, -0.2) is 0 Å². The van der Waals surface area contributed by atoms with Crippen LogP contribution in [-0.4, -0.2) is 21.8 Å². The fourth-order valence-corrected chi connectivity index (χ4v) is 3.28. The van der Waals surface area contributed by atoms with Gasteiger partial charge in [-0.1, -0.05) is 11.3 Å². The largest absolute Gasteiger partial charge is 0.363 e. The van der Waals surface area contributed by atoms with Gasteiger partial charge in [-0.3, -0.25) is 4.79 Å². The molecule has 19 heavy (non-hydrogen) atoms. The molecule has 0 aromatic carbocycles. The zero-order valence-corrected chi connectivity index (χ0v) is 11.9. The fourth-order valence-electron chi connectivity index (χ4n) is 2.58. The summed E-state index contributed by atoms with van der Waals surface area (Å²) in [5.74, 6) is 0. The third-order valence-corrected chi connectivity index (χ3v) is 4.58. The molecule has 2 aromatic heterocycles. The molecule has 0 aliphatic heterocycles. The quantitative estimate of drug-likeness (QED) is 0.909. The first-order chi connectivity index (χ1) is 9.20. The van der Waals surface area contributed by atoms with Crippen molar-refractivity contribution in [2.45, 2.75) is 25.7 Å². The average Bonchev–Trinajstić information content (AvgIpc) is 2.91. The van der Waals surface area contributed by atoms with Crippen LogP contribution < -0.4 is 10.9 Å². The van der Waals surface area contributed by atoms with Crippen molar-refractivity contribution in [2.24, 2.45) is 7.05 Å². The number of rotatable bonds is 2. The summed E-state index contributed by atoms with van der Waals surface area (Å²) < 4.78 is 1.78. The Bertz CT molecular complexity index is 674. The Morgan fingerprint density at radius 2 is 2.11 bits per heavy atom. The van der Waals surface area contributed by atoms with Gasteiger partial charge in [0.25, 0.3) is 5.56 Å². The van der Waals surface area contributed by atoms with Crippen molar-refractivity contribution in [1.82, 2.24) is 14.8 Å². The van der Waals surface area contributed by atoms with Crippen molar-refractivity contribution in [3.63, 3.8) is 0 Å². The molecule has 0 unspecified atom stereocenters. The number of anilines is 1. The molecule has 0 fully saturated rings. The molecule has 0 saturated heterocycles. The number of nitrogens with zero attached hydrogens (tertiary/aromatic N) is 3. The molecule has 0 atom stereocenters. The van der Waals surface area contributed by atoms with E-state index in [4.69, 9.17) is 0 Å². The summed E-state index contributed by atoms with van der Waals surface area (Å²) in [6, 6.07) is 2.01. The molecule has 1 N–H and O–H groups in total. The molecule has 1 aliphatic rings. The van der Waals surface area contributed by atoms with Crippen LogP contribution >= 0.6 is 11.3 Å². The van der Waals surface area contributed by atoms with E-state index < -0.39 is 0 Å². The highest BCUT2D eigenvalue weighted by atomic mass is 32.1. The van der Waals surface area contributed by atoms with E-state index in [-0.39, 0.29) is 5.56 Å². The first-order valence-corrected chi connectivity index (χ1v) is 7.25. The molecule has 0 saturated carbocycles. The molecule has 5 nitrogen and oxygen atoms in total. The summed E-state index contributed by atoms with van der Waals surface area (Å²) in [6.45, 7) is 0. The molecule has 0 amide bonds. The van der Waals surface area contributed by atoms with Crippen LogP contribution in [0.5, 0.6) is 0 Å². The van der Waals surface area contributed by atoms with Gasteiger partial charge >= 0.3 is 0 Å². The van der Waals surface area contributed by atoms with Crippen LogP contribution in [0, 0.1) is 0 Å². The van der Waals surface area contributed by atoms with Crippen molar-refractivity contribution in [3.8, 4) is 10.6 Å². The predicted molar refractivity (Wildman–Crippen MR) is 76.8 cm³/mol. The SMILES string of the molecule is CNc1nnc(-c2cc3c(n(C)c2=O)CCCC3)s1. The Morgan fingerprint density at radius 3 is 2.84 bits per heavy atom. The molecule has 2 aromatic rings. The van der Waals surface area contributed by atoms with Crippen LogP contribution in [0.25, 0.3) is 10.6 Å². The minimum Gasteiger partial charge on any atom is -0.363 e. The second-order valence-electron chi connectivity index (χ2n) is 4.76. The lowest BCUT2D eigenvalue weighted by atomic mass is 9.94. The average molecular weight is 276 g/mol. The van der Waals surface area contributed by atoms with Crippen molar-refractivity contribution in [1.29, 1.82) is 0 Å². The number of aryl methyl sites for hydroxylation is 1. The lowest BCUT2D eigenvalue weighted by Crippen LogP contribution is -2.25. The van der Waals surface area contributed by atoms with Crippen LogP contribution in [0.2, 0.25) is 0 Å². The van der Waals surface area contributed by atoms with Gasteiger partial charge in [-0.05, 0) is 37.3 Å². The van der Waals surface area contributed by atoms with Crippen LogP contribution in [0.3, 0.4) is 0 Å². The van der Waals surface area contributed by atoms with Gasteiger partial charge in [0.05, 0.1) is 5.56 Å². The van der Waals surface area contributed by atoms with E-state index >= 15 is 0 Å². The topological polar surface area (TPSA) is 59.8 Å². The Kier molecular flexibility index (Phi) is 3.10. The predicted octanol–water partition coefficient (Wildman–Crippen LogP) is 1.82. The maximum Gasteiger partial charge on any atom is 0.260 e. The Morgan fingerprint density at radius 1 is 1.32 bits per heavy atom. The monoisotopic (exact) mass is 276 g/mol. The Balaban J connectivity index is 2.16. The number of pyridine rings is 1. The van der Waals surface area contributed by atoms with Crippen molar-refractivity contribution < 1.29 is 0 Å². The molecule has 0 spiro atoms. The second kappa shape index (κ2) is 4.77. The molecule has 0 bridgehead atoms. The highest BCUT2D eigenvalue weighted by molar-refractivity contribution is 7.18. The first-order valence-electron chi connectivity index (χ1n) is 6.44. The molecule has 0 radical (unpaired) electrons. The summed E-state index contributed by atoms with van der Waals surface area (Å²) in [7, 11) is 3.66. The molecule has 1 aliphatic carbocycles. The Labute approximate surface area is 115 Å². The molecule has 3 rings (SSSR count). The summed E-state index contributed by atoms with van der Waals surface area (Å²) in [4.78, 5) is 12.4. The summed E-state index contributed by atoms with van der Waals surface area (Å²) >= 11 is 1.41.